The Morgan fingerprint density at radius 3 is 2.59 bits per heavy atom. The molecule has 0 aliphatic carbocycles. The Hall–Kier alpha value is -0.630. The van der Waals surface area contributed by atoms with E-state index in [-0.39, 0.29) is 23.2 Å². The molecule has 0 fully saturated rings. The highest BCUT2D eigenvalue weighted by Crippen LogP contribution is 2.20. The van der Waals surface area contributed by atoms with Crippen LogP contribution in [0.3, 0.4) is 0 Å². The third-order valence-corrected chi connectivity index (χ3v) is 4.17. The molecule has 1 aromatic rings. The molecule has 1 rings (SSSR count). The second-order valence-electron chi connectivity index (χ2n) is 4.57. The molecule has 0 aromatic carbocycles. The number of rotatable bonds is 5. The quantitative estimate of drug-likeness (QED) is 0.817. The number of nitrogens with one attached hydrogen (secondary N) is 1. The average molecular weight is 282 g/mol. The molecule has 0 saturated heterocycles. The first kappa shape index (κ1) is 14.4. The van der Waals surface area contributed by atoms with Crippen LogP contribution in [0.1, 0.15) is 13.8 Å². The third-order valence-electron chi connectivity index (χ3n) is 2.27. The number of aryl methyl sites for hydroxylation is 1. The summed E-state index contributed by atoms with van der Waals surface area (Å²) < 4.78 is 27.5. The molecule has 98 valence electrons. The molecule has 0 spiro atoms. The Bertz CT molecular complexity index is 476. The molecule has 0 saturated carbocycles. The van der Waals surface area contributed by atoms with Gasteiger partial charge in [0.2, 0.25) is 0 Å². The molecule has 1 aromatic heterocycles. The maximum Gasteiger partial charge on any atom is 0.259 e. The van der Waals surface area contributed by atoms with Crippen molar-refractivity contribution >= 4 is 21.6 Å². The van der Waals surface area contributed by atoms with Gasteiger partial charge in [0.1, 0.15) is 0 Å². The van der Waals surface area contributed by atoms with Crippen molar-refractivity contribution in [2.24, 2.45) is 12.5 Å². The molecule has 17 heavy (non-hydrogen) atoms. The van der Waals surface area contributed by atoms with Gasteiger partial charge < -0.3 is 5.11 Å². The van der Waals surface area contributed by atoms with Gasteiger partial charge in [0.15, 0.2) is 5.03 Å². The first-order valence-corrected chi connectivity index (χ1v) is 6.84. The van der Waals surface area contributed by atoms with Gasteiger partial charge in [-0.3, -0.25) is 4.68 Å². The van der Waals surface area contributed by atoms with Crippen LogP contribution in [-0.2, 0) is 17.1 Å². The molecule has 6 nitrogen and oxygen atoms in total. The minimum atomic E-state index is -3.71. The Morgan fingerprint density at radius 1 is 1.59 bits per heavy atom. The largest absolute Gasteiger partial charge is 0.396 e. The number of hydrogen-bond donors (Lipinski definition) is 2. The van der Waals surface area contributed by atoms with E-state index < -0.39 is 15.4 Å². The highest BCUT2D eigenvalue weighted by Gasteiger charge is 2.26. The summed E-state index contributed by atoms with van der Waals surface area (Å²) in [6.45, 7) is 3.50. The Balaban J connectivity index is 2.91. The van der Waals surface area contributed by atoms with Crippen molar-refractivity contribution in [3.8, 4) is 0 Å². The smallest absolute Gasteiger partial charge is 0.259 e. The van der Waals surface area contributed by atoms with E-state index in [0.717, 1.165) is 0 Å². The van der Waals surface area contributed by atoms with Gasteiger partial charge in [-0.25, -0.2) is 13.1 Å². The topological polar surface area (TPSA) is 84.2 Å². The lowest BCUT2D eigenvalue weighted by Gasteiger charge is -2.21. The van der Waals surface area contributed by atoms with Gasteiger partial charge in [0.25, 0.3) is 10.0 Å². The number of halogens is 1. The molecule has 0 unspecified atom stereocenters. The first-order chi connectivity index (χ1) is 7.69. The number of aliphatic hydroxyl groups is 1. The van der Waals surface area contributed by atoms with Gasteiger partial charge in [0.05, 0.1) is 11.2 Å². The predicted molar refractivity (Wildman–Crippen MR) is 64.3 cm³/mol. The molecular weight excluding hydrogens is 266 g/mol. The van der Waals surface area contributed by atoms with Gasteiger partial charge in [0, 0.05) is 25.6 Å². The van der Waals surface area contributed by atoms with Crippen LogP contribution in [0.4, 0.5) is 0 Å². The van der Waals surface area contributed by atoms with Crippen LogP contribution in [0.15, 0.2) is 11.2 Å². The molecule has 0 aliphatic heterocycles. The molecule has 8 heteroatoms. The van der Waals surface area contributed by atoms with E-state index in [2.05, 4.69) is 9.82 Å². The minimum absolute atomic E-state index is 0.0711. The summed E-state index contributed by atoms with van der Waals surface area (Å²) >= 11 is 5.76. The zero-order valence-corrected chi connectivity index (χ0v) is 11.5. The number of sulfonamides is 1. The van der Waals surface area contributed by atoms with Crippen LogP contribution in [-0.4, -0.2) is 36.5 Å². The summed E-state index contributed by atoms with van der Waals surface area (Å²) in [6, 6.07) is 0. The summed E-state index contributed by atoms with van der Waals surface area (Å²) in [5.41, 5.74) is -0.530. The Kier molecular flexibility index (Phi) is 4.19. The normalized spacial score (nSPS) is 13.0. The standard InChI is InChI=1S/C9H16ClN3O3S/c1-9(2,6-14)5-12-17(15,16)8-7(10)4-11-13(8)3/h4,12,14H,5-6H2,1-3H3. The van der Waals surface area contributed by atoms with Crippen molar-refractivity contribution < 1.29 is 13.5 Å². The Labute approximate surface area is 106 Å². The predicted octanol–water partition coefficient (Wildman–Crippen LogP) is 0.370. The maximum atomic E-state index is 12.0. The van der Waals surface area contributed by atoms with Crippen LogP contribution in [0.5, 0.6) is 0 Å². The second kappa shape index (κ2) is 4.93. The number of hydrogen-bond acceptors (Lipinski definition) is 4. The summed E-state index contributed by atoms with van der Waals surface area (Å²) in [6.07, 6.45) is 1.27. The van der Waals surface area contributed by atoms with Crippen LogP contribution in [0.2, 0.25) is 5.02 Å². The molecule has 0 aliphatic rings. The molecular formula is C9H16ClN3O3S. The van der Waals surface area contributed by atoms with Crippen molar-refractivity contribution in [2.45, 2.75) is 18.9 Å². The first-order valence-electron chi connectivity index (χ1n) is 4.98. The number of aromatic nitrogens is 2. The van der Waals surface area contributed by atoms with Crippen LogP contribution in [0.25, 0.3) is 0 Å². The fourth-order valence-corrected chi connectivity index (χ4v) is 3.01. The third kappa shape index (κ3) is 3.41. The molecule has 0 bridgehead atoms. The lowest BCUT2D eigenvalue weighted by Crippen LogP contribution is -2.36. The lowest BCUT2D eigenvalue weighted by atomic mass is 9.96. The van der Waals surface area contributed by atoms with E-state index in [1.54, 1.807) is 13.8 Å². The second-order valence-corrected chi connectivity index (χ2v) is 6.66. The van der Waals surface area contributed by atoms with Crippen molar-refractivity contribution in [1.82, 2.24) is 14.5 Å². The highest BCUT2D eigenvalue weighted by molar-refractivity contribution is 7.89. The van der Waals surface area contributed by atoms with Crippen LogP contribution < -0.4 is 4.72 Å². The molecule has 1 heterocycles. The van der Waals surface area contributed by atoms with Crippen LogP contribution in [0, 0.1) is 5.41 Å². The van der Waals surface area contributed by atoms with Crippen molar-refractivity contribution in [2.75, 3.05) is 13.2 Å². The highest BCUT2D eigenvalue weighted by atomic mass is 35.5. The summed E-state index contributed by atoms with van der Waals surface area (Å²) in [5.74, 6) is 0. The molecule has 0 atom stereocenters. The zero-order valence-electron chi connectivity index (χ0n) is 9.94. The van der Waals surface area contributed by atoms with Gasteiger partial charge in [-0.05, 0) is 0 Å². The van der Waals surface area contributed by atoms with Crippen molar-refractivity contribution in [3.05, 3.63) is 11.2 Å². The van der Waals surface area contributed by atoms with E-state index in [1.165, 1.54) is 17.9 Å². The van der Waals surface area contributed by atoms with Gasteiger partial charge in [-0.1, -0.05) is 25.4 Å². The lowest BCUT2D eigenvalue weighted by molar-refractivity contribution is 0.163. The van der Waals surface area contributed by atoms with Crippen molar-refractivity contribution in [3.63, 3.8) is 0 Å². The van der Waals surface area contributed by atoms with E-state index >= 15 is 0 Å². The van der Waals surface area contributed by atoms with Gasteiger partial charge >= 0.3 is 0 Å². The molecule has 0 amide bonds. The SMILES string of the molecule is Cn1ncc(Cl)c1S(=O)(=O)NCC(C)(C)CO. The number of aliphatic hydroxyl groups excluding tert-OH is 1. The maximum absolute atomic E-state index is 12.0. The van der Waals surface area contributed by atoms with Gasteiger partial charge in [-0.15, -0.1) is 0 Å². The molecule has 0 radical (unpaired) electrons. The summed E-state index contributed by atoms with van der Waals surface area (Å²) in [7, 11) is -2.22. The number of nitrogens with zero attached hydrogens (tertiary/aromatic N) is 2. The Morgan fingerprint density at radius 2 is 2.18 bits per heavy atom. The monoisotopic (exact) mass is 281 g/mol. The zero-order chi connectivity index (χ0) is 13.3. The fourth-order valence-electron chi connectivity index (χ4n) is 1.12. The van der Waals surface area contributed by atoms with E-state index in [9.17, 15) is 8.42 Å². The molecule has 2 N–H and O–H groups in total. The fraction of sp³-hybridized carbons (Fsp3) is 0.667. The van der Waals surface area contributed by atoms with E-state index in [0.29, 0.717) is 0 Å². The van der Waals surface area contributed by atoms with Gasteiger partial charge in [-0.2, -0.15) is 5.10 Å². The van der Waals surface area contributed by atoms with Crippen LogP contribution >= 0.6 is 11.6 Å². The minimum Gasteiger partial charge on any atom is -0.396 e. The summed E-state index contributed by atoms with van der Waals surface area (Å²) in [5, 5.41) is 12.8. The summed E-state index contributed by atoms with van der Waals surface area (Å²) in [4.78, 5) is 0. The van der Waals surface area contributed by atoms with Crippen molar-refractivity contribution in [1.29, 1.82) is 0 Å². The van der Waals surface area contributed by atoms with E-state index in [4.69, 9.17) is 16.7 Å². The van der Waals surface area contributed by atoms with E-state index in [1.807, 2.05) is 0 Å². The average Bonchev–Trinajstić information content (AvgIpc) is 2.57.